The predicted octanol–water partition coefficient (Wildman–Crippen LogP) is 3.26. The molecular formula is C16H18N2O4S. The van der Waals surface area contributed by atoms with Crippen LogP contribution in [0.1, 0.15) is 42.6 Å². The Kier molecular flexibility index (Phi) is 4.76. The molecule has 23 heavy (non-hydrogen) atoms. The number of likely N-dealkylation sites (tertiary alicyclic amines) is 1. The molecule has 0 radical (unpaired) electrons. The highest BCUT2D eigenvalue weighted by Gasteiger charge is 2.29. The van der Waals surface area contributed by atoms with Crippen molar-refractivity contribution in [3.63, 3.8) is 0 Å². The molecule has 3 rings (SSSR count). The zero-order valence-corrected chi connectivity index (χ0v) is 13.4. The van der Waals surface area contributed by atoms with Gasteiger partial charge in [0.25, 0.3) is 5.91 Å². The lowest BCUT2D eigenvalue weighted by Crippen LogP contribution is -2.44. The van der Waals surface area contributed by atoms with Gasteiger partial charge in [-0.15, -0.1) is 11.3 Å². The summed E-state index contributed by atoms with van der Waals surface area (Å²) in [7, 11) is 0. The predicted molar refractivity (Wildman–Crippen MR) is 85.4 cm³/mol. The molecule has 1 amide bonds. The fourth-order valence-corrected chi connectivity index (χ4v) is 3.68. The van der Waals surface area contributed by atoms with Gasteiger partial charge in [-0.05, 0) is 31.7 Å². The first-order valence-corrected chi connectivity index (χ1v) is 8.54. The Bertz CT molecular complexity index is 680. The molecule has 0 aromatic carbocycles. The second-order valence-electron chi connectivity index (χ2n) is 5.63. The number of carboxylic acid groups (broad SMARTS) is 1. The van der Waals surface area contributed by atoms with Crippen molar-refractivity contribution in [3.8, 4) is 10.6 Å². The highest BCUT2D eigenvalue weighted by Crippen LogP contribution is 2.27. The monoisotopic (exact) mass is 334 g/mol. The normalized spacial score (nSPS) is 18.1. The van der Waals surface area contributed by atoms with Gasteiger partial charge in [0.1, 0.15) is 17.0 Å². The van der Waals surface area contributed by atoms with E-state index in [1.165, 1.54) is 11.3 Å². The van der Waals surface area contributed by atoms with Crippen molar-refractivity contribution in [2.24, 2.45) is 0 Å². The minimum Gasteiger partial charge on any atom is -0.481 e. The summed E-state index contributed by atoms with van der Waals surface area (Å²) >= 11 is 1.41. The molecule has 0 bridgehead atoms. The summed E-state index contributed by atoms with van der Waals surface area (Å²) in [6.07, 6.45) is 6.61. The number of thiazole rings is 1. The summed E-state index contributed by atoms with van der Waals surface area (Å²) in [5.41, 5.74) is 1.28. The largest absolute Gasteiger partial charge is 0.481 e. The first kappa shape index (κ1) is 15.7. The van der Waals surface area contributed by atoms with E-state index in [0.717, 1.165) is 29.8 Å². The Balaban J connectivity index is 1.73. The van der Waals surface area contributed by atoms with Gasteiger partial charge >= 0.3 is 5.97 Å². The number of carboxylic acids is 1. The zero-order valence-electron chi connectivity index (χ0n) is 12.6. The highest BCUT2D eigenvalue weighted by molar-refractivity contribution is 7.13. The molecule has 1 fully saturated rings. The molecule has 3 heterocycles. The van der Waals surface area contributed by atoms with Crippen molar-refractivity contribution in [1.82, 2.24) is 9.88 Å². The fraction of sp³-hybridized carbons (Fsp3) is 0.438. The summed E-state index contributed by atoms with van der Waals surface area (Å²) < 4.78 is 5.04. The van der Waals surface area contributed by atoms with Crippen molar-refractivity contribution < 1.29 is 19.1 Å². The maximum Gasteiger partial charge on any atom is 0.303 e. The molecule has 122 valence electrons. The number of nitrogens with zero attached hydrogens (tertiary/aromatic N) is 2. The summed E-state index contributed by atoms with van der Waals surface area (Å²) in [5, 5.41) is 11.4. The number of aromatic nitrogens is 1. The number of carbonyl (C=O) groups excluding carboxylic acids is 1. The number of furan rings is 1. The van der Waals surface area contributed by atoms with Gasteiger partial charge < -0.3 is 14.4 Å². The molecule has 0 unspecified atom stereocenters. The third-order valence-electron chi connectivity index (χ3n) is 4.07. The first-order valence-electron chi connectivity index (χ1n) is 7.66. The molecule has 2 aromatic rings. The third kappa shape index (κ3) is 3.61. The average Bonchev–Trinajstić information content (AvgIpc) is 3.23. The highest BCUT2D eigenvalue weighted by atomic mass is 32.1. The van der Waals surface area contributed by atoms with Crippen molar-refractivity contribution in [2.75, 3.05) is 6.54 Å². The van der Waals surface area contributed by atoms with E-state index < -0.39 is 5.97 Å². The number of amides is 1. The molecule has 7 heteroatoms. The molecule has 1 N–H and O–H groups in total. The Morgan fingerprint density at radius 1 is 1.43 bits per heavy atom. The molecule has 1 atom stereocenters. The Morgan fingerprint density at radius 3 is 3.04 bits per heavy atom. The van der Waals surface area contributed by atoms with E-state index in [-0.39, 0.29) is 18.4 Å². The first-order chi connectivity index (χ1) is 11.1. The van der Waals surface area contributed by atoms with Crippen LogP contribution in [0.2, 0.25) is 0 Å². The van der Waals surface area contributed by atoms with E-state index in [2.05, 4.69) is 4.98 Å². The van der Waals surface area contributed by atoms with Crippen LogP contribution in [0.3, 0.4) is 0 Å². The smallest absolute Gasteiger partial charge is 0.303 e. The molecule has 1 aliphatic rings. The van der Waals surface area contributed by atoms with Gasteiger partial charge in [0, 0.05) is 30.0 Å². The van der Waals surface area contributed by atoms with E-state index in [1.807, 2.05) is 6.07 Å². The van der Waals surface area contributed by atoms with Crippen molar-refractivity contribution >= 4 is 23.2 Å². The standard InChI is InChI=1S/C16H18N2O4S/c19-14(20)5-4-12-3-1-2-7-18(12)16(21)13-10-23-15(17-13)11-6-8-22-9-11/h6,8-10,12H,1-5,7H2,(H,19,20)/t12-/m0/s1. The van der Waals surface area contributed by atoms with Crippen LogP contribution >= 0.6 is 11.3 Å². The van der Waals surface area contributed by atoms with E-state index in [9.17, 15) is 9.59 Å². The molecule has 0 aliphatic carbocycles. The van der Waals surface area contributed by atoms with Crippen LogP contribution in [0.4, 0.5) is 0 Å². The van der Waals surface area contributed by atoms with Crippen LogP contribution in [-0.4, -0.2) is 39.5 Å². The summed E-state index contributed by atoms with van der Waals surface area (Å²) in [6, 6.07) is 1.80. The van der Waals surface area contributed by atoms with Gasteiger partial charge in [0.05, 0.1) is 6.26 Å². The summed E-state index contributed by atoms with van der Waals surface area (Å²) in [6.45, 7) is 0.668. The fourth-order valence-electron chi connectivity index (χ4n) is 2.90. The third-order valence-corrected chi connectivity index (χ3v) is 4.96. The lowest BCUT2D eigenvalue weighted by molar-refractivity contribution is -0.137. The van der Waals surface area contributed by atoms with Crippen LogP contribution in [0.25, 0.3) is 10.6 Å². The van der Waals surface area contributed by atoms with Crippen molar-refractivity contribution in [3.05, 3.63) is 29.7 Å². The van der Waals surface area contributed by atoms with Gasteiger partial charge in [-0.3, -0.25) is 9.59 Å². The molecule has 6 nitrogen and oxygen atoms in total. The number of rotatable bonds is 5. The number of hydrogen-bond donors (Lipinski definition) is 1. The Hall–Kier alpha value is -2.15. The number of aliphatic carboxylic acids is 1. The Morgan fingerprint density at radius 2 is 2.30 bits per heavy atom. The minimum absolute atomic E-state index is 0.00794. The molecule has 2 aromatic heterocycles. The number of carbonyl (C=O) groups is 2. The van der Waals surface area contributed by atoms with Crippen LogP contribution in [0.15, 0.2) is 28.4 Å². The lowest BCUT2D eigenvalue weighted by Gasteiger charge is -2.35. The summed E-state index contributed by atoms with van der Waals surface area (Å²) in [4.78, 5) is 29.7. The van der Waals surface area contributed by atoms with E-state index >= 15 is 0 Å². The van der Waals surface area contributed by atoms with Crippen LogP contribution in [0, 0.1) is 0 Å². The maximum absolute atomic E-state index is 12.7. The van der Waals surface area contributed by atoms with Gasteiger partial charge in [-0.1, -0.05) is 0 Å². The number of piperidine rings is 1. The molecular weight excluding hydrogens is 316 g/mol. The van der Waals surface area contributed by atoms with Crippen LogP contribution in [-0.2, 0) is 4.79 Å². The van der Waals surface area contributed by atoms with Crippen molar-refractivity contribution in [2.45, 2.75) is 38.1 Å². The SMILES string of the molecule is O=C(O)CC[C@@H]1CCCCN1C(=O)c1csc(-c2ccoc2)n1. The lowest BCUT2D eigenvalue weighted by atomic mass is 9.97. The van der Waals surface area contributed by atoms with E-state index in [1.54, 1.807) is 22.8 Å². The number of hydrogen-bond acceptors (Lipinski definition) is 5. The van der Waals surface area contributed by atoms with Crippen molar-refractivity contribution in [1.29, 1.82) is 0 Å². The Labute approximate surface area is 137 Å². The quantitative estimate of drug-likeness (QED) is 0.907. The van der Waals surface area contributed by atoms with Gasteiger partial charge in [0.2, 0.25) is 0 Å². The van der Waals surface area contributed by atoms with E-state index in [0.29, 0.717) is 18.7 Å². The molecule has 1 aliphatic heterocycles. The van der Waals surface area contributed by atoms with Crippen LogP contribution in [0.5, 0.6) is 0 Å². The average molecular weight is 334 g/mol. The minimum atomic E-state index is -0.820. The molecule has 1 saturated heterocycles. The van der Waals surface area contributed by atoms with Gasteiger partial charge in [-0.2, -0.15) is 0 Å². The van der Waals surface area contributed by atoms with E-state index in [4.69, 9.17) is 9.52 Å². The second-order valence-corrected chi connectivity index (χ2v) is 6.49. The van der Waals surface area contributed by atoms with Gasteiger partial charge in [0.15, 0.2) is 0 Å². The second kappa shape index (κ2) is 6.95. The zero-order chi connectivity index (χ0) is 16.2. The topological polar surface area (TPSA) is 83.6 Å². The van der Waals surface area contributed by atoms with Crippen LogP contribution < -0.4 is 0 Å². The van der Waals surface area contributed by atoms with Gasteiger partial charge in [-0.25, -0.2) is 4.98 Å². The maximum atomic E-state index is 12.7. The molecule has 0 saturated carbocycles. The summed E-state index contributed by atoms with van der Waals surface area (Å²) in [5.74, 6) is -0.926. The molecule has 0 spiro atoms.